The first-order valence-corrected chi connectivity index (χ1v) is 11.3. The summed E-state index contributed by atoms with van der Waals surface area (Å²) in [4.78, 5) is 12.9. The molecule has 1 aromatic carbocycles. The second kappa shape index (κ2) is 11.2. The topological polar surface area (TPSA) is 71.0 Å². The van der Waals surface area contributed by atoms with Gasteiger partial charge in [-0.15, -0.1) is 11.3 Å². The van der Waals surface area contributed by atoms with E-state index in [2.05, 4.69) is 46.5 Å². The molecule has 164 valence electrons. The highest BCUT2D eigenvalue weighted by Crippen LogP contribution is 2.33. The predicted molar refractivity (Wildman–Crippen MR) is 123 cm³/mol. The van der Waals surface area contributed by atoms with Gasteiger partial charge in [0.05, 0.1) is 25.8 Å². The SMILES string of the molecule is CCNC(=NCCN1CCc2cc(OC)c(OC)cc2C1)NCCc1ncc(C)s1. The lowest BCUT2D eigenvalue weighted by Gasteiger charge is -2.29. The van der Waals surface area contributed by atoms with Gasteiger partial charge in [-0.25, -0.2) is 4.98 Å². The minimum Gasteiger partial charge on any atom is -0.493 e. The number of aryl methyl sites for hydroxylation is 1. The third-order valence-electron chi connectivity index (χ3n) is 5.13. The van der Waals surface area contributed by atoms with E-state index in [0.29, 0.717) is 0 Å². The van der Waals surface area contributed by atoms with Gasteiger partial charge in [-0.2, -0.15) is 0 Å². The van der Waals surface area contributed by atoms with Crippen LogP contribution in [0.15, 0.2) is 23.3 Å². The van der Waals surface area contributed by atoms with Crippen LogP contribution in [0.1, 0.15) is 27.9 Å². The molecular weight excluding hydrogens is 398 g/mol. The normalized spacial score (nSPS) is 14.3. The van der Waals surface area contributed by atoms with E-state index in [1.54, 1.807) is 25.6 Å². The van der Waals surface area contributed by atoms with E-state index in [9.17, 15) is 0 Å². The molecule has 0 fully saturated rings. The fourth-order valence-electron chi connectivity index (χ4n) is 3.58. The molecule has 2 aromatic rings. The lowest BCUT2D eigenvalue weighted by molar-refractivity contribution is 0.260. The van der Waals surface area contributed by atoms with E-state index in [1.165, 1.54) is 16.0 Å². The summed E-state index contributed by atoms with van der Waals surface area (Å²) in [6.07, 6.45) is 3.86. The molecule has 3 rings (SSSR count). The lowest BCUT2D eigenvalue weighted by atomic mass is 9.99. The van der Waals surface area contributed by atoms with Crippen LogP contribution in [-0.2, 0) is 19.4 Å². The maximum atomic E-state index is 5.46. The van der Waals surface area contributed by atoms with Crippen LogP contribution in [0.2, 0.25) is 0 Å². The van der Waals surface area contributed by atoms with Crippen molar-refractivity contribution in [3.05, 3.63) is 39.3 Å². The number of hydrogen-bond acceptors (Lipinski definition) is 6. The maximum absolute atomic E-state index is 5.46. The van der Waals surface area contributed by atoms with E-state index in [-0.39, 0.29) is 0 Å². The minimum atomic E-state index is 0.758. The van der Waals surface area contributed by atoms with Crippen LogP contribution in [-0.4, -0.2) is 62.8 Å². The molecular formula is C22H33N5O2S. The average Bonchev–Trinajstić information content (AvgIpc) is 3.17. The molecule has 8 heteroatoms. The molecule has 1 aliphatic rings. The molecule has 0 aliphatic carbocycles. The van der Waals surface area contributed by atoms with Crippen LogP contribution in [0.3, 0.4) is 0 Å². The zero-order chi connectivity index (χ0) is 21.3. The van der Waals surface area contributed by atoms with E-state index >= 15 is 0 Å². The molecule has 0 spiro atoms. The molecule has 0 bridgehead atoms. The number of fused-ring (bicyclic) bond motifs is 1. The van der Waals surface area contributed by atoms with Gasteiger partial charge in [0.2, 0.25) is 0 Å². The Kier molecular flexibility index (Phi) is 8.33. The first-order chi connectivity index (χ1) is 14.6. The predicted octanol–water partition coefficient (Wildman–Crippen LogP) is 2.62. The number of aliphatic imine (C=N–C) groups is 1. The molecule has 0 radical (unpaired) electrons. The molecule has 0 atom stereocenters. The second-order valence-corrected chi connectivity index (χ2v) is 8.62. The largest absolute Gasteiger partial charge is 0.493 e. The van der Waals surface area contributed by atoms with Gasteiger partial charge in [0.1, 0.15) is 0 Å². The van der Waals surface area contributed by atoms with Crippen molar-refractivity contribution in [2.75, 3.05) is 46.9 Å². The zero-order valence-electron chi connectivity index (χ0n) is 18.5. The molecule has 30 heavy (non-hydrogen) atoms. The fourth-order valence-corrected chi connectivity index (χ4v) is 4.37. The summed E-state index contributed by atoms with van der Waals surface area (Å²) >= 11 is 1.75. The van der Waals surface area contributed by atoms with Crippen LogP contribution in [0.4, 0.5) is 0 Å². The van der Waals surface area contributed by atoms with Gasteiger partial charge in [-0.1, -0.05) is 0 Å². The van der Waals surface area contributed by atoms with Crippen molar-refractivity contribution in [1.82, 2.24) is 20.5 Å². The smallest absolute Gasteiger partial charge is 0.191 e. The monoisotopic (exact) mass is 431 g/mol. The highest BCUT2D eigenvalue weighted by molar-refractivity contribution is 7.11. The molecule has 0 unspecified atom stereocenters. The summed E-state index contributed by atoms with van der Waals surface area (Å²) in [5.74, 6) is 2.48. The lowest BCUT2D eigenvalue weighted by Crippen LogP contribution is -2.39. The number of methoxy groups -OCH3 is 2. The van der Waals surface area contributed by atoms with Gasteiger partial charge >= 0.3 is 0 Å². The van der Waals surface area contributed by atoms with E-state index in [4.69, 9.17) is 14.5 Å². The molecule has 0 saturated carbocycles. The number of thiazole rings is 1. The van der Waals surface area contributed by atoms with Crippen LogP contribution >= 0.6 is 11.3 Å². The first kappa shape index (κ1) is 22.4. The molecule has 2 N–H and O–H groups in total. The van der Waals surface area contributed by atoms with Crippen molar-refractivity contribution in [1.29, 1.82) is 0 Å². The molecule has 2 heterocycles. The van der Waals surface area contributed by atoms with Crippen molar-refractivity contribution in [3.63, 3.8) is 0 Å². The Hall–Kier alpha value is -2.32. The Morgan fingerprint density at radius 3 is 2.63 bits per heavy atom. The van der Waals surface area contributed by atoms with Crippen LogP contribution in [0.25, 0.3) is 0 Å². The zero-order valence-corrected chi connectivity index (χ0v) is 19.3. The summed E-state index contributed by atoms with van der Waals surface area (Å²) in [5, 5.41) is 7.91. The van der Waals surface area contributed by atoms with E-state index in [1.807, 2.05) is 6.20 Å². The van der Waals surface area contributed by atoms with Crippen LogP contribution < -0.4 is 20.1 Å². The molecule has 0 saturated heterocycles. The van der Waals surface area contributed by atoms with Crippen molar-refractivity contribution in [2.45, 2.75) is 33.2 Å². The number of aromatic nitrogens is 1. The Balaban J connectivity index is 1.50. The summed E-state index contributed by atoms with van der Waals surface area (Å²) < 4.78 is 10.9. The van der Waals surface area contributed by atoms with Crippen LogP contribution in [0.5, 0.6) is 11.5 Å². The Morgan fingerprint density at radius 1 is 1.20 bits per heavy atom. The molecule has 0 amide bonds. The van der Waals surface area contributed by atoms with Gasteiger partial charge in [-0.05, 0) is 43.5 Å². The fraction of sp³-hybridized carbons (Fsp3) is 0.545. The Labute approximate surface area is 183 Å². The Morgan fingerprint density at radius 2 is 1.97 bits per heavy atom. The van der Waals surface area contributed by atoms with Gasteiger partial charge in [-0.3, -0.25) is 9.89 Å². The summed E-state index contributed by atoms with van der Waals surface area (Å²) in [6, 6.07) is 4.22. The standard InChI is InChI=1S/C22H33N5O2S/c1-5-23-22(24-8-6-21-26-14-16(2)30-21)25-9-11-27-10-7-17-12-19(28-3)20(29-4)13-18(17)15-27/h12-14H,5-11,15H2,1-4H3,(H2,23,24,25). The van der Waals surface area contributed by atoms with Crippen molar-refractivity contribution in [3.8, 4) is 11.5 Å². The number of ether oxygens (including phenoxy) is 2. The third kappa shape index (κ3) is 6.09. The third-order valence-corrected chi connectivity index (χ3v) is 6.10. The van der Waals surface area contributed by atoms with E-state index < -0.39 is 0 Å². The molecule has 7 nitrogen and oxygen atoms in total. The van der Waals surface area contributed by atoms with Gasteiger partial charge in [0, 0.05) is 50.2 Å². The number of rotatable bonds is 9. The Bertz CT molecular complexity index is 852. The minimum absolute atomic E-state index is 0.758. The highest BCUT2D eigenvalue weighted by atomic mass is 32.1. The summed E-state index contributed by atoms with van der Waals surface area (Å²) in [7, 11) is 3.37. The molecule has 1 aromatic heterocycles. The van der Waals surface area contributed by atoms with Gasteiger partial charge < -0.3 is 20.1 Å². The number of nitrogens with zero attached hydrogens (tertiary/aromatic N) is 3. The number of hydrogen-bond donors (Lipinski definition) is 2. The highest BCUT2D eigenvalue weighted by Gasteiger charge is 2.19. The maximum Gasteiger partial charge on any atom is 0.191 e. The van der Waals surface area contributed by atoms with Crippen molar-refractivity contribution < 1.29 is 9.47 Å². The van der Waals surface area contributed by atoms with E-state index in [0.717, 1.165) is 74.6 Å². The second-order valence-electron chi connectivity index (χ2n) is 7.30. The summed E-state index contributed by atoms with van der Waals surface area (Å²) in [5.41, 5.74) is 2.66. The van der Waals surface area contributed by atoms with Crippen molar-refractivity contribution in [2.24, 2.45) is 4.99 Å². The quantitative estimate of drug-likeness (QED) is 0.470. The number of guanidine groups is 1. The van der Waals surface area contributed by atoms with Crippen molar-refractivity contribution >= 4 is 17.3 Å². The summed E-state index contributed by atoms with van der Waals surface area (Å²) in [6.45, 7) is 9.49. The average molecular weight is 432 g/mol. The molecule has 1 aliphatic heterocycles. The first-order valence-electron chi connectivity index (χ1n) is 10.5. The van der Waals surface area contributed by atoms with Gasteiger partial charge in [0.15, 0.2) is 17.5 Å². The number of nitrogens with one attached hydrogen (secondary N) is 2. The van der Waals surface area contributed by atoms with Gasteiger partial charge in [0.25, 0.3) is 0 Å². The number of benzene rings is 1. The van der Waals surface area contributed by atoms with Crippen LogP contribution in [0, 0.1) is 6.92 Å².